The average Bonchev–Trinajstić information content (AvgIpc) is 3.16. The third-order valence-electron chi connectivity index (χ3n) is 9.18. The van der Waals surface area contributed by atoms with Crippen LogP contribution >= 0.6 is 12.4 Å². The Balaban J connectivity index is 0.00000523. The summed E-state index contributed by atoms with van der Waals surface area (Å²) in [6, 6.07) is 23.8. The third kappa shape index (κ3) is 9.60. The monoisotopic (exact) mass is 744 g/mol. The van der Waals surface area contributed by atoms with Crippen molar-refractivity contribution in [1.29, 1.82) is 0 Å². The number of carbonyl (C=O) groups is 2. The van der Waals surface area contributed by atoms with Gasteiger partial charge in [-0.05, 0) is 70.9 Å². The van der Waals surface area contributed by atoms with Crippen molar-refractivity contribution in [3.63, 3.8) is 0 Å². The summed E-state index contributed by atoms with van der Waals surface area (Å²) >= 11 is 0. The molecule has 0 aromatic heterocycles. The van der Waals surface area contributed by atoms with Crippen molar-refractivity contribution in [3.05, 3.63) is 126 Å². The zero-order valence-corrected chi connectivity index (χ0v) is 31.0. The maximum Gasteiger partial charge on any atom is 0.249 e. The van der Waals surface area contributed by atoms with Gasteiger partial charge < -0.3 is 19.7 Å². The second kappa shape index (κ2) is 17.7. The quantitative estimate of drug-likeness (QED) is 0.165. The number of hydrogen-bond donors (Lipinski definition) is 2. The first-order valence-electron chi connectivity index (χ1n) is 17.4. The summed E-state index contributed by atoms with van der Waals surface area (Å²) in [6.45, 7) is 8.13. The number of benzene rings is 4. The van der Waals surface area contributed by atoms with E-state index in [-0.39, 0.29) is 36.1 Å². The van der Waals surface area contributed by atoms with Gasteiger partial charge in [0.05, 0.1) is 10.9 Å². The maximum absolute atomic E-state index is 13.9. The van der Waals surface area contributed by atoms with Crippen LogP contribution in [-0.2, 0) is 32.6 Å². The van der Waals surface area contributed by atoms with Crippen LogP contribution in [0.2, 0.25) is 0 Å². The van der Waals surface area contributed by atoms with E-state index in [0.29, 0.717) is 36.8 Å². The molecule has 2 amide bonds. The molecule has 2 heterocycles. The molecular formula is C40H45ClN4O6S. The Bertz CT molecular complexity index is 2030. The van der Waals surface area contributed by atoms with Gasteiger partial charge >= 0.3 is 0 Å². The van der Waals surface area contributed by atoms with E-state index in [1.54, 1.807) is 53.6 Å². The zero-order chi connectivity index (χ0) is 35.8. The van der Waals surface area contributed by atoms with Crippen molar-refractivity contribution in [3.8, 4) is 11.5 Å². The van der Waals surface area contributed by atoms with Gasteiger partial charge in [-0.3, -0.25) is 14.5 Å². The Morgan fingerprint density at radius 2 is 1.56 bits per heavy atom. The van der Waals surface area contributed by atoms with Crippen molar-refractivity contribution in [2.75, 3.05) is 32.8 Å². The number of hydrogen-bond acceptors (Lipinski definition) is 7. The highest BCUT2D eigenvalue weighted by Gasteiger charge is 2.30. The normalized spacial score (nSPS) is 14.9. The van der Waals surface area contributed by atoms with Gasteiger partial charge in [0.15, 0.2) is 11.5 Å². The first kappa shape index (κ1) is 38.5. The van der Waals surface area contributed by atoms with E-state index in [4.69, 9.17) is 9.47 Å². The molecule has 2 aliphatic rings. The molecule has 0 aliphatic carbocycles. The summed E-state index contributed by atoms with van der Waals surface area (Å²) in [5.41, 5.74) is 2.59. The van der Waals surface area contributed by atoms with E-state index in [1.807, 2.05) is 48.6 Å². The molecule has 0 radical (unpaired) electrons. The first-order valence-corrected chi connectivity index (χ1v) is 18.8. The van der Waals surface area contributed by atoms with Crippen LogP contribution in [-0.4, -0.2) is 68.9 Å². The summed E-state index contributed by atoms with van der Waals surface area (Å²) in [4.78, 5) is 31.7. The number of halogens is 1. The largest absolute Gasteiger partial charge is 0.486 e. The number of nitrogens with one attached hydrogen (secondary N) is 2. The Morgan fingerprint density at radius 3 is 2.27 bits per heavy atom. The molecule has 0 spiro atoms. The van der Waals surface area contributed by atoms with Crippen LogP contribution < -0.4 is 19.5 Å². The molecule has 0 saturated carbocycles. The second-order valence-corrected chi connectivity index (χ2v) is 14.4. The highest BCUT2D eigenvalue weighted by Crippen LogP contribution is 2.34. The van der Waals surface area contributed by atoms with Crippen LogP contribution in [0.25, 0.3) is 10.8 Å². The molecule has 2 N–H and O–H groups in total. The Hall–Kier alpha value is -4.68. The molecule has 2 atom stereocenters. The van der Waals surface area contributed by atoms with Crippen LogP contribution in [0.4, 0.5) is 0 Å². The van der Waals surface area contributed by atoms with Gasteiger partial charge in [-0.25, -0.2) is 13.1 Å². The zero-order valence-electron chi connectivity index (χ0n) is 29.4. The van der Waals surface area contributed by atoms with Crippen molar-refractivity contribution in [2.24, 2.45) is 0 Å². The first-order chi connectivity index (χ1) is 24.7. The standard InChI is InChI=1S/C40H44N4O6S.ClH/c1-3-43(4-2)28-30-14-12-29(13-15-30)24-36(40(46)44-20-8-5-9-21-44)41-39(45)27-35(33-17-19-37-38(26-33)50-23-22-49-37)42-51(47,48)34-18-16-31-10-6-7-11-32(31)25-34;/h5-20,25-26,35-36,42H,3-4,21-24,27-28H2,1-2H3,(H,41,45);1H. The molecule has 12 heteroatoms. The minimum absolute atomic E-state index is 0. The summed E-state index contributed by atoms with van der Waals surface area (Å²) in [5, 5.41) is 4.64. The van der Waals surface area contributed by atoms with Crippen LogP contribution in [0.3, 0.4) is 0 Å². The number of sulfonamides is 1. The number of amides is 2. The highest BCUT2D eigenvalue weighted by atomic mass is 35.5. The SMILES string of the molecule is CCN(CC)Cc1ccc(CC(NC(=O)CC(NS(=O)(=O)c2ccc3ccccc3c2)c2ccc3c(c2)OCCO3)C(=O)N2C=CC=CC2)cc1.Cl. The second-order valence-electron chi connectivity index (χ2n) is 12.7. The molecular weight excluding hydrogens is 700 g/mol. The molecule has 2 aliphatic heterocycles. The van der Waals surface area contributed by atoms with Gasteiger partial charge in [0.2, 0.25) is 21.8 Å². The average molecular weight is 745 g/mol. The van der Waals surface area contributed by atoms with E-state index >= 15 is 0 Å². The number of fused-ring (bicyclic) bond motifs is 2. The van der Waals surface area contributed by atoms with E-state index < -0.39 is 28.0 Å². The minimum Gasteiger partial charge on any atom is -0.486 e. The molecule has 2 unspecified atom stereocenters. The summed E-state index contributed by atoms with van der Waals surface area (Å²) in [7, 11) is -4.09. The van der Waals surface area contributed by atoms with Crippen molar-refractivity contribution >= 4 is 45.0 Å². The third-order valence-corrected chi connectivity index (χ3v) is 10.7. The number of nitrogens with zero attached hydrogens (tertiary/aromatic N) is 2. The molecule has 52 heavy (non-hydrogen) atoms. The molecule has 0 bridgehead atoms. The van der Waals surface area contributed by atoms with Crippen LogP contribution in [0.1, 0.15) is 43.0 Å². The van der Waals surface area contributed by atoms with Gasteiger partial charge in [-0.2, -0.15) is 0 Å². The van der Waals surface area contributed by atoms with Gasteiger partial charge in [-0.15, -0.1) is 12.4 Å². The predicted octanol–water partition coefficient (Wildman–Crippen LogP) is 5.92. The summed E-state index contributed by atoms with van der Waals surface area (Å²) in [6.07, 6.45) is 7.21. The summed E-state index contributed by atoms with van der Waals surface area (Å²) < 4.78 is 42.0. The number of carbonyl (C=O) groups excluding carboxylic acids is 2. The van der Waals surface area contributed by atoms with Crippen LogP contribution in [0, 0.1) is 0 Å². The lowest BCUT2D eigenvalue weighted by Crippen LogP contribution is -2.49. The van der Waals surface area contributed by atoms with E-state index in [0.717, 1.165) is 36.0 Å². The molecule has 6 rings (SSSR count). The van der Waals surface area contributed by atoms with Gasteiger partial charge in [0, 0.05) is 32.1 Å². The molecule has 0 saturated heterocycles. The lowest BCUT2D eigenvalue weighted by atomic mass is 10.0. The molecule has 274 valence electrons. The Kier molecular flexibility index (Phi) is 13.1. The number of ether oxygens (including phenoxy) is 2. The van der Waals surface area contributed by atoms with Crippen molar-refractivity contribution in [1.82, 2.24) is 19.8 Å². The van der Waals surface area contributed by atoms with Gasteiger partial charge in [0.25, 0.3) is 0 Å². The van der Waals surface area contributed by atoms with Gasteiger partial charge in [-0.1, -0.05) is 86.7 Å². The smallest absolute Gasteiger partial charge is 0.249 e. The minimum atomic E-state index is -4.09. The Labute approximate surface area is 311 Å². The fourth-order valence-electron chi connectivity index (χ4n) is 6.29. The topological polar surface area (TPSA) is 117 Å². The van der Waals surface area contributed by atoms with E-state index in [2.05, 4.69) is 40.9 Å². The molecule has 4 aromatic carbocycles. The lowest BCUT2D eigenvalue weighted by Gasteiger charge is -2.27. The van der Waals surface area contributed by atoms with Crippen LogP contribution in [0.5, 0.6) is 11.5 Å². The van der Waals surface area contributed by atoms with Crippen molar-refractivity contribution < 1.29 is 27.5 Å². The summed E-state index contributed by atoms with van der Waals surface area (Å²) in [5.74, 6) is 0.271. The number of rotatable bonds is 14. The van der Waals surface area contributed by atoms with Crippen LogP contribution in [0.15, 0.2) is 114 Å². The maximum atomic E-state index is 13.9. The van der Waals surface area contributed by atoms with Gasteiger partial charge in [0.1, 0.15) is 19.3 Å². The molecule has 4 aromatic rings. The molecule has 10 nitrogen and oxygen atoms in total. The van der Waals surface area contributed by atoms with Crippen molar-refractivity contribution in [2.45, 2.75) is 50.2 Å². The molecule has 0 fully saturated rings. The highest BCUT2D eigenvalue weighted by molar-refractivity contribution is 7.89. The van der Waals surface area contributed by atoms with E-state index in [1.165, 1.54) is 5.56 Å². The number of allylic oxidation sites excluding steroid dienone is 2. The Morgan fingerprint density at radius 1 is 0.846 bits per heavy atom. The fourth-order valence-corrected chi connectivity index (χ4v) is 7.55. The predicted molar refractivity (Wildman–Crippen MR) is 205 cm³/mol. The fraction of sp³-hybridized carbons (Fsp3) is 0.300. The lowest BCUT2D eigenvalue weighted by molar-refractivity contribution is -0.134. The van der Waals surface area contributed by atoms with E-state index in [9.17, 15) is 18.0 Å².